The molecular formula is C18H19NO3. The standard InChI is InChI=1S/C18H19NO3/c20-12-16(13-5-2-1-3-6-13)19-18(21)15-8-9-17-14(11-15)7-4-10-22-17/h1-3,5-6,8-9,11,16,20H,4,7,10,12H2,(H,19,21)/t16-/m0/s1. The summed E-state index contributed by atoms with van der Waals surface area (Å²) >= 11 is 0. The molecule has 2 N–H and O–H groups in total. The molecule has 2 aromatic carbocycles. The first-order chi connectivity index (χ1) is 10.8. The second-order valence-electron chi connectivity index (χ2n) is 5.39. The Bertz CT molecular complexity index is 655. The first kappa shape index (κ1) is 14.6. The quantitative estimate of drug-likeness (QED) is 0.911. The van der Waals surface area contributed by atoms with Crippen LogP contribution in [-0.2, 0) is 6.42 Å². The van der Waals surface area contributed by atoms with Crippen molar-refractivity contribution in [2.45, 2.75) is 18.9 Å². The highest BCUT2D eigenvalue weighted by molar-refractivity contribution is 5.94. The number of carbonyl (C=O) groups excluding carboxylic acids is 1. The molecule has 0 saturated carbocycles. The summed E-state index contributed by atoms with van der Waals surface area (Å²) in [6.07, 6.45) is 1.90. The van der Waals surface area contributed by atoms with Gasteiger partial charge in [-0.2, -0.15) is 0 Å². The van der Waals surface area contributed by atoms with Crippen molar-refractivity contribution < 1.29 is 14.6 Å². The molecule has 1 aliphatic heterocycles. The van der Waals surface area contributed by atoms with Gasteiger partial charge in [-0.05, 0) is 42.2 Å². The van der Waals surface area contributed by atoms with Crippen LogP contribution in [0, 0.1) is 0 Å². The number of fused-ring (bicyclic) bond motifs is 1. The van der Waals surface area contributed by atoms with Crippen molar-refractivity contribution in [3.63, 3.8) is 0 Å². The van der Waals surface area contributed by atoms with Gasteiger partial charge in [0.2, 0.25) is 0 Å². The van der Waals surface area contributed by atoms with Crippen molar-refractivity contribution in [3.8, 4) is 5.75 Å². The van der Waals surface area contributed by atoms with Crippen molar-refractivity contribution in [3.05, 3.63) is 65.2 Å². The summed E-state index contributed by atoms with van der Waals surface area (Å²) in [6, 6.07) is 14.6. The number of nitrogens with one attached hydrogen (secondary N) is 1. The van der Waals surface area contributed by atoms with Gasteiger partial charge in [-0.25, -0.2) is 0 Å². The number of rotatable bonds is 4. The van der Waals surface area contributed by atoms with E-state index in [-0.39, 0.29) is 12.5 Å². The summed E-state index contributed by atoms with van der Waals surface area (Å²) in [7, 11) is 0. The van der Waals surface area contributed by atoms with Crippen LogP contribution >= 0.6 is 0 Å². The van der Waals surface area contributed by atoms with E-state index in [0.717, 1.165) is 36.3 Å². The van der Waals surface area contributed by atoms with Crippen LogP contribution in [0.4, 0.5) is 0 Å². The molecule has 1 atom stereocenters. The van der Waals surface area contributed by atoms with E-state index in [0.29, 0.717) is 5.56 Å². The minimum Gasteiger partial charge on any atom is -0.493 e. The molecule has 0 saturated heterocycles. The van der Waals surface area contributed by atoms with Crippen molar-refractivity contribution in [2.24, 2.45) is 0 Å². The lowest BCUT2D eigenvalue weighted by Crippen LogP contribution is -2.30. The minimum absolute atomic E-state index is 0.135. The highest BCUT2D eigenvalue weighted by Gasteiger charge is 2.17. The van der Waals surface area contributed by atoms with E-state index in [1.54, 1.807) is 6.07 Å². The first-order valence-corrected chi connectivity index (χ1v) is 7.50. The van der Waals surface area contributed by atoms with Gasteiger partial charge in [0.05, 0.1) is 19.3 Å². The number of aliphatic hydroxyl groups is 1. The lowest BCUT2D eigenvalue weighted by molar-refractivity contribution is 0.0916. The fourth-order valence-corrected chi connectivity index (χ4v) is 2.66. The van der Waals surface area contributed by atoms with Crippen molar-refractivity contribution in [1.29, 1.82) is 0 Å². The molecule has 4 heteroatoms. The Kier molecular flexibility index (Phi) is 4.39. The Morgan fingerprint density at radius 1 is 1.23 bits per heavy atom. The SMILES string of the molecule is O=C(N[C@@H](CO)c1ccccc1)c1ccc2c(c1)CCCO2. The molecule has 22 heavy (non-hydrogen) atoms. The van der Waals surface area contributed by atoms with Crippen LogP contribution in [0.5, 0.6) is 5.75 Å². The number of hydrogen-bond donors (Lipinski definition) is 2. The van der Waals surface area contributed by atoms with Crippen LogP contribution in [-0.4, -0.2) is 24.2 Å². The Morgan fingerprint density at radius 2 is 2.05 bits per heavy atom. The van der Waals surface area contributed by atoms with Crippen molar-refractivity contribution >= 4 is 5.91 Å². The Morgan fingerprint density at radius 3 is 2.82 bits per heavy atom. The van der Waals surface area contributed by atoms with Crippen LogP contribution in [0.3, 0.4) is 0 Å². The summed E-state index contributed by atoms with van der Waals surface area (Å²) in [4.78, 5) is 12.4. The second kappa shape index (κ2) is 6.62. The smallest absolute Gasteiger partial charge is 0.251 e. The van der Waals surface area contributed by atoms with E-state index in [9.17, 15) is 9.90 Å². The molecule has 0 bridgehead atoms. The van der Waals surface area contributed by atoms with Gasteiger partial charge in [-0.15, -0.1) is 0 Å². The largest absolute Gasteiger partial charge is 0.493 e. The zero-order valence-corrected chi connectivity index (χ0v) is 12.3. The van der Waals surface area contributed by atoms with E-state index in [4.69, 9.17) is 4.74 Å². The van der Waals surface area contributed by atoms with Crippen LogP contribution in [0.25, 0.3) is 0 Å². The second-order valence-corrected chi connectivity index (χ2v) is 5.39. The van der Waals surface area contributed by atoms with E-state index in [1.165, 1.54) is 0 Å². The third-order valence-corrected chi connectivity index (χ3v) is 3.86. The minimum atomic E-state index is -0.402. The Balaban J connectivity index is 1.76. The van der Waals surface area contributed by atoms with Crippen LogP contribution in [0.1, 0.15) is 33.9 Å². The van der Waals surface area contributed by atoms with Crippen molar-refractivity contribution in [2.75, 3.05) is 13.2 Å². The molecule has 1 heterocycles. The topological polar surface area (TPSA) is 58.6 Å². The number of benzene rings is 2. The zero-order chi connectivity index (χ0) is 15.4. The molecule has 2 aromatic rings. The maximum absolute atomic E-state index is 12.4. The van der Waals surface area contributed by atoms with E-state index in [1.807, 2.05) is 42.5 Å². The maximum Gasteiger partial charge on any atom is 0.251 e. The first-order valence-electron chi connectivity index (χ1n) is 7.50. The van der Waals surface area contributed by atoms with Gasteiger partial charge in [0.15, 0.2) is 0 Å². The summed E-state index contributed by atoms with van der Waals surface area (Å²) in [6.45, 7) is 0.600. The fourth-order valence-electron chi connectivity index (χ4n) is 2.66. The summed E-state index contributed by atoms with van der Waals surface area (Å²) in [5.41, 5.74) is 2.55. The monoisotopic (exact) mass is 297 g/mol. The summed E-state index contributed by atoms with van der Waals surface area (Å²) < 4.78 is 5.56. The molecule has 114 valence electrons. The molecule has 0 aliphatic carbocycles. The Labute approximate surface area is 129 Å². The van der Waals surface area contributed by atoms with E-state index >= 15 is 0 Å². The predicted molar refractivity (Wildman–Crippen MR) is 84.0 cm³/mol. The van der Waals surface area contributed by atoms with Gasteiger partial charge in [-0.3, -0.25) is 4.79 Å². The van der Waals surface area contributed by atoms with Crippen LogP contribution < -0.4 is 10.1 Å². The summed E-state index contributed by atoms with van der Waals surface area (Å²) in [5, 5.41) is 12.4. The number of carbonyl (C=O) groups is 1. The zero-order valence-electron chi connectivity index (χ0n) is 12.3. The number of amides is 1. The molecular weight excluding hydrogens is 278 g/mol. The van der Waals surface area contributed by atoms with Gasteiger partial charge < -0.3 is 15.2 Å². The predicted octanol–water partition coefficient (Wildman–Crippen LogP) is 2.48. The van der Waals surface area contributed by atoms with E-state index in [2.05, 4.69) is 5.32 Å². The molecule has 1 amide bonds. The molecule has 1 aliphatic rings. The van der Waals surface area contributed by atoms with Gasteiger partial charge in [0.25, 0.3) is 5.91 Å². The molecule has 0 aromatic heterocycles. The number of ether oxygens (including phenoxy) is 1. The molecule has 3 rings (SSSR count). The number of hydrogen-bond acceptors (Lipinski definition) is 3. The highest BCUT2D eigenvalue weighted by Crippen LogP contribution is 2.25. The van der Waals surface area contributed by atoms with Gasteiger partial charge in [0, 0.05) is 5.56 Å². The average molecular weight is 297 g/mol. The van der Waals surface area contributed by atoms with Crippen molar-refractivity contribution in [1.82, 2.24) is 5.32 Å². The lowest BCUT2D eigenvalue weighted by Gasteiger charge is -2.19. The third kappa shape index (κ3) is 3.12. The number of aliphatic hydroxyl groups excluding tert-OH is 1. The maximum atomic E-state index is 12.4. The van der Waals surface area contributed by atoms with E-state index < -0.39 is 6.04 Å². The summed E-state index contributed by atoms with van der Waals surface area (Å²) in [5.74, 6) is 0.681. The third-order valence-electron chi connectivity index (χ3n) is 3.86. The lowest BCUT2D eigenvalue weighted by atomic mass is 10.0. The molecule has 0 spiro atoms. The molecule has 0 radical (unpaired) electrons. The molecule has 0 fully saturated rings. The number of aryl methyl sites for hydroxylation is 1. The Hall–Kier alpha value is -2.33. The normalized spacial score (nSPS) is 14.6. The van der Waals surface area contributed by atoms with Crippen LogP contribution in [0.2, 0.25) is 0 Å². The molecule has 0 unspecified atom stereocenters. The average Bonchev–Trinajstić information content (AvgIpc) is 2.59. The fraction of sp³-hybridized carbons (Fsp3) is 0.278. The molecule has 4 nitrogen and oxygen atoms in total. The van der Waals surface area contributed by atoms with Gasteiger partial charge >= 0.3 is 0 Å². The van der Waals surface area contributed by atoms with Gasteiger partial charge in [0.1, 0.15) is 5.75 Å². The van der Waals surface area contributed by atoms with Gasteiger partial charge in [-0.1, -0.05) is 30.3 Å². The highest BCUT2D eigenvalue weighted by atomic mass is 16.5. The van der Waals surface area contributed by atoms with Crippen LogP contribution in [0.15, 0.2) is 48.5 Å².